The van der Waals surface area contributed by atoms with Crippen LogP contribution in [-0.2, 0) is 0 Å². The molecule has 0 fully saturated rings. The molecular weight excluding hydrogens is 315 g/mol. The fourth-order valence-electron chi connectivity index (χ4n) is 0.727. The van der Waals surface area contributed by atoms with Crippen molar-refractivity contribution >= 4 is 31.9 Å². The zero-order valence-corrected chi connectivity index (χ0v) is 9.32. The molecule has 13 heavy (non-hydrogen) atoms. The lowest BCUT2D eigenvalue weighted by Crippen LogP contribution is -2.16. The maximum atomic E-state index is 12.2. The van der Waals surface area contributed by atoms with Crippen molar-refractivity contribution in [3.05, 3.63) is 28.5 Å². The quantitative estimate of drug-likeness (QED) is 0.717. The van der Waals surface area contributed by atoms with Crippen LogP contribution in [0.3, 0.4) is 0 Å². The summed E-state index contributed by atoms with van der Waals surface area (Å²) >= 11 is 5.60. The van der Waals surface area contributed by atoms with Gasteiger partial charge in [0, 0.05) is 10.7 Å². The smallest absolute Gasteiger partial charge is 0.260 e. The summed E-state index contributed by atoms with van der Waals surface area (Å²) in [6.45, 7) is 0. The van der Waals surface area contributed by atoms with Crippen LogP contribution in [0.4, 0.5) is 13.2 Å². The highest BCUT2D eigenvalue weighted by molar-refractivity contribution is 9.10. The fraction of sp³-hybridized carbons (Fsp3) is 0.286. The third-order valence-corrected chi connectivity index (χ3v) is 2.77. The first-order valence-electron chi connectivity index (χ1n) is 3.23. The Morgan fingerprint density at radius 2 is 2.00 bits per heavy atom. The van der Waals surface area contributed by atoms with Gasteiger partial charge >= 0.3 is 6.18 Å². The molecule has 0 aliphatic carbocycles. The summed E-state index contributed by atoms with van der Waals surface area (Å²) in [5, 5.41) is 0. The standard InChI is InChI=1S/C7H4Br2F3N/c8-4-1-2-13-5(3-4)6(9)7(10,11)12/h1-3,6H. The molecule has 0 saturated carbocycles. The van der Waals surface area contributed by atoms with Crippen molar-refractivity contribution in [3.63, 3.8) is 0 Å². The van der Waals surface area contributed by atoms with Crippen molar-refractivity contribution in [3.8, 4) is 0 Å². The summed E-state index contributed by atoms with van der Waals surface area (Å²) < 4.78 is 37.1. The largest absolute Gasteiger partial charge is 0.406 e. The van der Waals surface area contributed by atoms with Crippen LogP contribution in [0.25, 0.3) is 0 Å². The van der Waals surface area contributed by atoms with Crippen LogP contribution in [0.1, 0.15) is 10.5 Å². The molecule has 0 saturated heterocycles. The average molecular weight is 319 g/mol. The van der Waals surface area contributed by atoms with E-state index >= 15 is 0 Å². The van der Waals surface area contributed by atoms with E-state index in [4.69, 9.17) is 0 Å². The number of pyridine rings is 1. The molecule has 0 aliphatic heterocycles. The molecule has 0 amide bonds. The Bertz CT molecular complexity index is 300. The summed E-state index contributed by atoms with van der Waals surface area (Å²) in [5.74, 6) is 0. The minimum Gasteiger partial charge on any atom is -0.260 e. The molecule has 1 aromatic heterocycles. The van der Waals surface area contributed by atoms with E-state index in [1.807, 2.05) is 0 Å². The lowest BCUT2D eigenvalue weighted by Gasteiger charge is -2.12. The van der Waals surface area contributed by atoms with E-state index in [0.717, 1.165) is 0 Å². The van der Waals surface area contributed by atoms with Crippen molar-refractivity contribution < 1.29 is 13.2 Å². The topological polar surface area (TPSA) is 12.9 Å². The Kier molecular flexibility index (Phi) is 3.34. The molecule has 0 aliphatic rings. The van der Waals surface area contributed by atoms with E-state index in [1.54, 1.807) is 6.07 Å². The highest BCUT2D eigenvalue weighted by Crippen LogP contribution is 2.39. The third kappa shape index (κ3) is 2.95. The zero-order chi connectivity index (χ0) is 10.1. The van der Waals surface area contributed by atoms with Crippen LogP contribution in [0, 0.1) is 0 Å². The van der Waals surface area contributed by atoms with Crippen LogP contribution in [0.15, 0.2) is 22.8 Å². The van der Waals surface area contributed by atoms with Gasteiger partial charge in [0.15, 0.2) is 4.83 Å². The molecule has 1 unspecified atom stereocenters. The second-order valence-corrected chi connectivity index (χ2v) is 4.13. The van der Waals surface area contributed by atoms with Crippen molar-refractivity contribution in [2.24, 2.45) is 0 Å². The fourth-order valence-corrected chi connectivity index (χ4v) is 1.33. The first-order valence-corrected chi connectivity index (χ1v) is 4.94. The number of hydrogen-bond donors (Lipinski definition) is 0. The number of hydrogen-bond acceptors (Lipinski definition) is 1. The van der Waals surface area contributed by atoms with Gasteiger partial charge in [0.25, 0.3) is 0 Å². The Morgan fingerprint density at radius 3 is 2.46 bits per heavy atom. The van der Waals surface area contributed by atoms with Crippen LogP contribution in [0.2, 0.25) is 0 Å². The van der Waals surface area contributed by atoms with E-state index in [9.17, 15) is 13.2 Å². The molecule has 1 nitrogen and oxygen atoms in total. The average Bonchev–Trinajstić information content (AvgIpc) is 2.01. The van der Waals surface area contributed by atoms with E-state index in [-0.39, 0.29) is 5.69 Å². The van der Waals surface area contributed by atoms with Gasteiger partial charge in [-0.25, -0.2) is 0 Å². The Hall–Kier alpha value is -0.100. The van der Waals surface area contributed by atoms with E-state index in [1.165, 1.54) is 12.3 Å². The SMILES string of the molecule is FC(F)(F)C(Br)c1cc(Br)ccn1. The summed E-state index contributed by atoms with van der Waals surface area (Å²) in [6.07, 6.45) is -2.99. The van der Waals surface area contributed by atoms with Gasteiger partial charge in [-0.05, 0) is 12.1 Å². The van der Waals surface area contributed by atoms with Gasteiger partial charge in [-0.1, -0.05) is 31.9 Å². The number of aromatic nitrogens is 1. The molecule has 0 spiro atoms. The van der Waals surface area contributed by atoms with Gasteiger partial charge in [-0.15, -0.1) is 0 Å². The molecule has 1 rings (SSSR count). The molecule has 0 radical (unpaired) electrons. The van der Waals surface area contributed by atoms with Crippen LogP contribution in [0.5, 0.6) is 0 Å². The minimum atomic E-state index is -4.31. The molecule has 0 N–H and O–H groups in total. The van der Waals surface area contributed by atoms with Gasteiger partial charge in [0.05, 0.1) is 5.69 Å². The number of halogens is 5. The Labute approximate surface area is 89.6 Å². The van der Waals surface area contributed by atoms with Crippen LogP contribution >= 0.6 is 31.9 Å². The summed E-state index contributed by atoms with van der Waals surface area (Å²) in [5.41, 5.74) is -0.0538. The molecule has 1 heterocycles. The first kappa shape index (κ1) is 11.0. The second kappa shape index (κ2) is 3.96. The summed E-state index contributed by atoms with van der Waals surface area (Å²) in [6, 6.07) is 2.90. The minimum absolute atomic E-state index is 0.0538. The van der Waals surface area contributed by atoms with Crippen LogP contribution < -0.4 is 0 Å². The summed E-state index contributed by atoms with van der Waals surface area (Å²) in [7, 11) is 0. The predicted molar refractivity (Wildman–Crippen MR) is 49.7 cm³/mol. The zero-order valence-electron chi connectivity index (χ0n) is 6.15. The van der Waals surface area contributed by atoms with E-state index < -0.39 is 11.0 Å². The van der Waals surface area contributed by atoms with Gasteiger partial charge in [0.2, 0.25) is 0 Å². The van der Waals surface area contributed by atoms with Crippen LogP contribution in [-0.4, -0.2) is 11.2 Å². The second-order valence-electron chi connectivity index (χ2n) is 2.30. The maximum absolute atomic E-state index is 12.2. The number of rotatable bonds is 1. The molecule has 72 valence electrons. The Balaban J connectivity index is 2.96. The monoisotopic (exact) mass is 317 g/mol. The highest BCUT2D eigenvalue weighted by Gasteiger charge is 2.39. The van der Waals surface area contributed by atoms with Gasteiger partial charge in [-0.2, -0.15) is 13.2 Å². The van der Waals surface area contributed by atoms with E-state index in [2.05, 4.69) is 36.8 Å². The predicted octanol–water partition coefficient (Wildman–Crippen LogP) is 3.84. The number of nitrogens with zero attached hydrogens (tertiary/aromatic N) is 1. The molecule has 0 aromatic carbocycles. The van der Waals surface area contributed by atoms with E-state index in [0.29, 0.717) is 4.47 Å². The van der Waals surface area contributed by atoms with Crippen molar-refractivity contribution in [1.29, 1.82) is 0 Å². The summed E-state index contributed by atoms with van der Waals surface area (Å²) in [4.78, 5) is 1.90. The van der Waals surface area contributed by atoms with Crippen molar-refractivity contribution in [2.45, 2.75) is 11.0 Å². The third-order valence-electron chi connectivity index (χ3n) is 1.29. The lowest BCUT2D eigenvalue weighted by molar-refractivity contribution is -0.128. The number of alkyl halides is 4. The van der Waals surface area contributed by atoms with Gasteiger partial charge in [-0.3, -0.25) is 4.98 Å². The maximum Gasteiger partial charge on any atom is 0.406 e. The molecule has 6 heteroatoms. The Morgan fingerprint density at radius 1 is 1.38 bits per heavy atom. The van der Waals surface area contributed by atoms with Crippen molar-refractivity contribution in [2.75, 3.05) is 0 Å². The molecule has 1 aromatic rings. The molecule has 1 atom stereocenters. The molecule has 0 bridgehead atoms. The lowest BCUT2D eigenvalue weighted by atomic mass is 10.3. The molecular formula is C7H4Br2F3N. The van der Waals surface area contributed by atoms with Gasteiger partial charge < -0.3 is 0 Å². The first-order chi connectivity index (χ1) is 5.91. The normalized spacial score (nSPS) is 14.2. The van der Waals surface area contributed by atoms with Gasteiger partial charge in [0.1, 0.15) is 0 Å². The highest BCUT2D eigenvalue weighted by atomic mass is 79.9. The van der Waals surface area contributed by atoms with Crippen molar-refractivity contribution in [1.82, 2.24) is 4.98 Å².